The van der Waals surface area contributed by atoms with Crippen molar-refractivity contribution in [2.45, 2.75) is 7.43 Å². The third-order valence-corrected chi connectivity index (χ3v) is 10.9. The van der Waals surface area contributed by atoms with Crippen molar-refractivity contribution in [2.75, 3.05) is 0 Å². The Labute approximate surface area is 345 Å². The van der Waals surface area contributed by atoms with Crippen molar-refractivity contribution >= 4 is 106 Å². The van der Waals surface area contributed by atoms with Crippen molar-refractivity contribution in [3.8, 4) is 28.0 Å². The molecule has 0 saturated heterocycles. The molecule has 7 heteroatoms. The molecule has 0 bridgehead atoms. The number of hydrogen-bond acceptors (Lipinski definition) is 2. The van der Waals surface area contributed by atoms with Crippen LogP contribution in [-0.4, -0.2) is 12.7 Å². The van der Waals surface area contributed by atoms with Crippen LogP contribution < -0.4 is 4.65 Å². The van der Waals surface area contributed by atoms with Crippen LogP contribution in [-0.2, 0) is 0 Å². The van der Waals surface area contributed by atoms with Gasteiger partial charge in [-0.2, -0.15) is 0 Å². The van der Waals surface area contributed by atoms with Gasteiger partial charge in [0.25, 0.3) is 0 Å². The molecular formula is C47H36BBr2Cl2O2. The number of rotatable bonds is 4. The molecule has 0 aliphatic carbocycles. The van der Waals surface area contributed by atoms with E-state index in [2.05, 4.69) is 176 Å². The molecule has 0 saturated carbocycles. The largest absolute Gasteiger partial charge is 0.569 e. The van der Waals surface area contributed by atoms with E-state index in [1.165, 1.54) is 65.3 Å². The van der Waals surface area contributed by atoms with Crippen molar-refractivity contribution < 1.29 is 11.1 Å². The lowest BCUT2D eigenvalue weighted by molar-refractivity contribution is 0.454. The van der Waals surface area contributed by atoms with Crippen LogP contribution in [0, 0.1) is 0 Å². The summed E-state index contributed by atoms with van der Waals surface area (Å²) >= 11 is 18.8. The topological polar surface area (TPSA) is 29.5 Å². The standard InChI is InChI=1S/C26H17Cl.C14H8Br2.C6H5BClO2.CH4.H2/c27-20-14-12-19(13-15-20)22-9-5-11-24-23-10-4-8-21(18-6-2-1-3-7-18)25(23)16-17-26(22)24;15-13-5-1-3-9-10-4-2-6-14(16)12(10)8-7-11(9)13;8-5-1-3-6(4-2-5)10-7-9;;/h1-17H;1-8H;1-4,9H;1H4;1H/i;;;;1+1. The predicted molar refractivity (Wildman–Crippen MR) is 243 cm³/mol. The van der Waals surface area contributed by atoms with Crippen LogP contribution >= 0.6 is 55.1 Å². The van der Waals surface area contributed by atoms with E-state index in [1.807, 2.05) is 12.1 Å². The first-order chi connectivity index (χ1) is 25.9. The first-order valence-electron chi connectivity index (χ1n) is 16.8. The lowest BCUT2D eigenvalue weighted by atomic mass is 9.91. The molecule has 0 aliphatic rings. The molecule has 9 rings (SSSR count). The van der Waals surface area contributed by atoms with Gasteiger partial charge in [0.05, 0.1) is 0 Å². The Kier molecular flexibility index (Phi) is 13.1. The van der Waals surface area contributed by atoms with E-state index in [0.717, 1.165) is 14.0 Å². The summed E-state index contributed by atoms with van der Waals surface area (Å²) in [6.07, 6.45) is 0. The van der Waals surface area contributed by atoms with Gasteiger partial charge in [0.15, 0.2) is 0 Å². The second-order valence-electron chi connectivity index (χ2n) is 12.2. The monoisotopic (exact) mass is 872 g/mol. The quantitative estimate of drug-likeness (QED) is 0.141. The van der Waals surface area contributed by atoms with Gasteiger partial charge in [0.1, 0.15) is 5.75 Å². The lowest BCUT2D eigenvalue weighted by Crippen LogP contribution is -1.98. The van der Waals surface area contributed by atoms with Gasteiger partial charge in [0.2, 0.25) is 0 Å². The van der Waals surface area contributed by atoms with Crippen LogP contribution in [0.5, 0.6) is 5.75 Å². The Morgan fingerprint density at radius 1 is 0.407 bits per heavy atom. The highest BCUT2D eigenvalue weighted by atomic mass is 79.9. The van der Waals surface area contributed by atoms with Gasteiger partial charge in [-0.1, -0.05) is 190 Å². The maximum absolute atomic E-state index is 8.21. The zero-order valence-corrected chi connectivity index (χ0v) is 32.9. The Morgan fingerprint density at radius 2 is 0.796 bits per heavy atom. The summed E-state index contributed by atoms with van der Waals surface area (Å²) in [7, 11) is 0.628. The zero-order chi connectivity index (χ0) is 36.7. The van der Waals surface area contributed by atoms with E-state index in [-0.39, 0.29) is 8.85 Å². The number of fused-ring (bicyclic) bond motifs is 6. The van der Waals surface area contributed by atoms with Gasteiger partial charge in [-0.15, -0.1) is 0 Å². The van der Waals surface area contributed by atoms with Crippen LogP contribution in [0.25, 0.3) is 65.3 Å². The smallest absolute Gasteiger partial charge is 0.537 e. The first-order valence-corrected chi connectivity index (χ1v) is 19.1. The highest BCUT2D eigenvalue weighted by Gasteiger charge is 2.10. The van der Waals surface area contributed by atoms with Crippen LogP contribution in [0.15, 0.2) is 185 Å². The average molecular weight is 875 g/mol. The van der Waals surface area contributed by atoms with Gasteiger partial charge >= 0.3 is 7.69 Å². The van der Waals surface area contributed by atoms with Gasteiger partial charge in [0, 0.05) is 20.4 Å². The van der Waals surface area contributed by atoms with Crippen molar-refractivity contribution in [1.82, 2.24) is 0 Å². The second-order valence-corrected chi connectivity index (χ2v) is 14.7. The zero-order valence-electron chi connectivity index (χ0n) is 28.2. The molecule has 9 aromatic carbocycles. The summed E-state index contributed by atoms with van der Waals surface area (Å²) in [5.74, 6) is 0.562. The highest BCUT2D eigenvalue weighted by Crippen LogP contribution is 2.37. The average Bonchev–Trinajstić information content (AvgIpc) is 3.20. The number of benzene rings is 9. The molecule has 9 aromatic rings. The molecule has 0 atom stereocenters. The van der Waals surface area contributed by atoms with E-state index in [4.69, 9.17) is 28.2 Å². The van der Waals surface area contributed by atoms with E-state index in [0.29, 0.717) is 18.5 Å². The third-order valence-electron chi connectivity index (χ3n) is 8.97. The van der Waals surface area contributed by atoms with Crippen LogP contribution in [0.1, 0.15) is 8.85 Å². The number of halogens is 4. The van der Waals surface area contributed by atoms with Crippen molar-refractivity contribution in [3.63, 3.8) is 0 Å². The molecular weight excluding hydrogens is 838 g/mol. The SMILES string of the molecule is Brc1cccc2c1ccc1c(Br)cccc12.C.Clc1ccc(-c2cccc3c2ccc2c(-c4ccccc4)cccc23)cc1.O[B]Oc1ccc(Cl)cc1.[2HH]. The molecule has 2 nitrogen and oxygen atoms in total. The van der Waals surface area contributed by atoms with Gasteiger partial charge in [-0.05, 0) is 114 Å². The number of hydrogen-bond donors (Lipinski definition) is 1. The first kappa shape index (κ1) is 39.1. The molecule has 0 amide bonds. The summed E-state index contributed by atoms with van der Waals surface area (Å²) in [5.41, 5.74) is 4.93. The molecule has 0 aliphatic heterocycles. The Balaban J connectivity index is 0.000000176. The fourth-order valence-corrected chi connectivity index (χ4v) is 7.75. The molecule has 1 N–H and O–H groups in total. The van der Waals surface area contributed by atoms with Crippen molar-refractivity contribution in [1.29, 1.82) is 0 Å². The normalized spacial score (nSPS) is 10.5. The van der Waals surface area contributed by atoms with Crippen LogP contribution in [0.2, 0.25) is 10.0 Å². The molecule has 0 unspecified atom stereocenters. The molecule has 0 fully saturated rings. The van der Waals surface area contributed by atoms with E-state index >= 15 is 0 Å². The summed E-state index contributed by atoms with van der Waals surface area (Å²) in [4.78, 5) is 0. The summed E-state index contributed by atoms with van der Waals surface area (Å²) < 4.78 is 6.92. The third kappa shape index (κ3) is 8.68. The summed E-state index contributed by atoms with van der Waals surface area (Å²) in [5, 5.41) is 19.8. The van der Waals surface area contributed by atoms with E-state index < -0.39 is 0 Å². The molecule has 54 heavy (non-hydrogen) atoms. The predicted octanol–water partition coefficient (Wildman–Crippen LogP) is 15.6. The van der Waals surface area contributed by atoms with E-state index in [9.17, 15) is 0 Å². The molecule has 1 radical (unpaired) electrons. The minimum absolute atomic E-state index is 0. The maximum Gasteiger partial charge on any atom is 0.569 e. The molecule has 0 aromatic heterocycles. The van der Waals surface area contributed by atoms with Crippen LogP contribution in [0.4, 0.5) is 0 Å². The Morgan fingerprint density at radius 3 is 1.26 bits per heavy atom. The van der Waals surface area contributed by atoms with Gasteiger partial charge < -0.3 is 9.68 Å². The summed E-state index contributed by atoms with van der Waals surface area (Å²) in [6, 6.07) is 59.9. The Hall–Kier alpha value is -4.62. The molecule has 0 spiro atoms. The minimum Gasteiger partial charge on any atom is -0.537 e. The fraction of sp³-hybridized carbons (Fsp3) is 0.0213. The minimum atomic E-state index is 0. The van der Waals surface area contributed by atoms with Crippen molar-refractivity contribution in [3.05, 3.63) is 195 Å². The van der Waals surface area contributed by atoms with Gasteiger partial charge in [-0.3, -0.25) is 0 Å². The maximum atomic E-state index is 8.21. The highest BCUT2D eigenvalue weighted by molar-refractivity contribution is 9.11. The van der Waals surface area contributed by atoms with Crippen LogP contribution in [0.3, 0.4) is 0 Å². The lowest BCUT2D eigenvalue weighted by Gasteiger charge is -2.12. The molecule has 267 valence electrons. The van der Waals surface area contributed by atoms with Gasteiger partial charge in [-0.25, -0.2) is 0 Å². The van der Waals surface area contributed by atoms with Crippen molar-refractivity contribution in [2.24, 2.45) is 0 Å². The Bertz CT molecular complexity index is 2620. The fourth-order valence-electron chi connectivity index (χ4n) is 6.50. The molecule has 0 heterocycles. The van der Waals surface area contributed by atoms with E-state index in [1.54, 1.807) is 24.3 Å². The summed E-state index contributed by atoms with van der Waals surface area (Å²) in [6.45, 7) is 0. The second kappa shape index (κ2) is 18.1.